The fourth-order valence-electron chi connectivity index (χ4n) is 2.55. The molecule has 0 saturated heterocycles. The van der Waals surface area contributed by atoms with Crippen LogP contribution in [-0.2, 0) is 9.59 Å². The van der Waals surface area contributed by atoms with Crippen LogP contribution in [0, 0.1) is 13.8 Å². The molecule has 130 valence electrons. The molecule has 1 N–H and O–H groups in total. The van der Waals surface area contributed by atoms with Crippen LogP contribution < -0.4 is 10.3 Å². The molecule has 0 atom stereocenters. The van der Waals surface area contributed by atoms with Crippen molar-refractivity contribution in [2.24, 2.45) is 5.10 Å². The van der Waals surface area contributed by atoms with E-state index in [0.717, 1.165) is 29.8 Å². The first kappa shape index (κ1) is 18.1. The SMILES string of the molecule is Cc1ccc(C)c(N2N=C(C(=O)NCCCN(C)C)CCC2=O)c1. The molecule has 0 radical (unpaired) electrons. The molecular weight excluding hydrogens is 304 g/mol. The number of aryl methyl sites for hydroxylation is 2. The van der Waals surface area contributed by atoms with E-state index in [-0.39, 0.29) is 11.8 Å². The predicted molar refractivity (Wildman–Crippen MR) is 96.3 cm³/mol. The molecule has 0 unspecified atom stereocenters. The third kappa shape index (κ3) is 4.64. The summed E-state index contributed by atoms with van der Waals surface area (Å²) in [6.07, 6.45) is 1.57. The number of carbonyl (C=O) groups is 2. The highest BCUT2D eigenvalue weighted by Gasteiger charge is 2.26. The molecule has 2 amide bonds. The number of hydrazone groups is 1. The second-order valence-corrected chi connectivity index (χ2v) is 6.45. The van der Waals surface area contributed by atoms with E-state index in [0.29, 0.717) is 25.1 Å². The van der Waals surface area contributed by atoms with Gasteiger partial charge in [0.15, 0.2) is 0 Å². The molecule has 2 rings (SSSR count). The van der Waals surface area contributed by atoms with Gasteiger partial charge < -0.3 is 10.2 Å². The van der Waals surface area contributed by atoms with Crippen LogP contribution in [0.15, 0.2) is 23.3 Å². The molecule has 1 heterocycles. The average Bonchev–Trinajstić information content (AvgIpc) is 2.54. The molecule has 0 fully saturated rings. The molecular formula is C18H26N4O2. The summed E-state index contributed by atoms with van der Waals surface area (Å²) in [5.74, 6) is -0.260. The normalized spacial score (nSPS) is 14.8. The lowest BCUT2D eigenvalue weighted by Gasteiger charge is -2.24. The minimum atomic E-state index is -0.184. The van der Waals surface area contributed by atoms with E-state index in [2.05, 4.69) is 15.3 Å². The van der Waals surface area contributed by atoms with Gasteiger partial charge in [-0.15, -0.1) is 0 Å². The number of hydrogen-bond acceptors (Lipinski definition) is 4. The number of benzene rings is 1. The molecule has 0 bridgehead atoms. The number of nitrogens with zero attached hydrogens (tertiary/aromatic N) is 3. The van der Waals surface area contributed by atoms with E-state index >= 15 is 0 Å². The summed E-state index contributed by atoms with van der Waals surface area (Å²) in [4.78, 5) is 26.6. The standard InChI is InChI=1S/C18H26N4O2/c1-13-6-7-14(2)16(12-13)22-17(23)9-8-15(20-22)18(24)19-10-5-11-21(3)4/h6-7,12H,5,8-11H2,1-4H3,(H,19,24). The maximum absolute atomic E-state index is 12.3. The Kier molecular flexibility index (Phi) is 6.09. The second-order valence-electron chi connectivity index (χ2n) is 6.45. The highest BCUT2D eigenvalue weighted by Crippen LogP contribution is 2.25. The fourth-order valence-corrected chi connectivity index (χ4v) is 2.55. The summed E-state index contributed by atoms with van der Waals surface area (Å²) in [5, 5.41) is 8.59. The van der Waals surface area contributed by atoms with Crippen molar-refractivity contribution < 1.29 is 9.59 Å². The minimum Gasteiger partial charge on any atom is -0.351 e. The zero-order chi connectivity index (χ0) is 17.7. The van der Waals surface area contributed by atoms with E-state index in [1.54, 1.807) is 0 Å². The van der Waals surface area contributed by atoms with Crippen LogP contribution in [0.5, 0.6) is 0 Å². The van der Waals surface area contributed by atoms with Gasteiger partial charge in [-0.25, -0.2) is 5.01 Å². The Morgan fingerprint density at radius 1 is 1.29 bits per heavy atom. The summed E-state index contributed by atoms with van der Waals surface area (Å²) in [6.45, 7) is 5.43. The van der Waals surface area contributed by atoms with E-state index in [1.807, 2.05) is 46.1 Å². The van der Waals surface area contributed by atoms with E-state index < -0.39 is 0 Å². The number of amides is 2. The molecule has 1 aliphatic rings. The van der Waals surface area contributed by atoms with E-state index in [1.165, 1.54) is 5.01 Å². The summed E-state index contributed by atoms with van der Waals surface area (Å²) in [6, 6.07) is 5.88. The summed E-state index contributed by atoms with van der Waals surface area (Å²) in [5.41, 5.74) is 3.18. The largest absolute Gasteiger partial charge is 0.351 e. The summed E-state index contributed by atoms with van der Waals surface area (Å²) >= 11 is 0. The maximum Gasteiger partial charge on any atom is 0.267 e. The van der Waals surface area contributed by atoms with Crippen LogP contribution >= 0.6 is 0 Å². The number of nitrogens with one attached hydrogen (secondary N) is 1. The Balaban J connectivity index is 2.10. The molecule has 6 nitrogen and oxygen atoms in total. The second kappa shape index (κ2) is 8.06. The van der Waals surface area contributed by atoms with E-state index in [4.69, 9.17) is 0 Å². The lowest BCUT2D eigenvalue weighted by atomic mass is 10.1. The lowest BCUT2D eigenvalue weighted by Crippen LogP contribution is -2.40. The molecule has 6 heteroatoms. The topological polar surface area (TPSA) is 65.0 Å². The van der Waals surface area contributed by atoms with Gasteiger partial charge in [-0.05, 0) is 58.1 Å². The molecule has 1 aromatic carbocycles. The van der Waals surface area contributed by atoms with Crippen molar-refractivity contribution in [1.29, 1.82) is 0 Å². The molecule has 0 spiro atoms. The van der Waals surface area contributed by atoms with Gasteiger partial charge in [0.25, 0.3) is 5.91 Å². The minimum absolute atomic E-state index is 0.0761. The molecule has 0 aromatic heterocycles. The van der Waals surface area contributed by atoms with Gasteiger partial charge in [0, 0.05) is 19.4 Å². The number of anilines is 1. The van der Waals surface area contributed by atoms with Gasteiger partial charge in [-0.3, -0.25) is 9.59 Å². The summed E-state index contributed by atoms with van der Waals surface area (Å²) < 4.78 is 0. The Morgan fingerprint density at radius 3 is 2.75 bits per heavy atom. The lowest BCUT2D eigenvalue weighted by molar-refractivity contribution is -0.119. The zero-order valence-corrected chi connectivity index (χ0v) is 14.9. The van der Waals surface area contributed by atoms with Crippen LogP contribution in [0.1, 0.15) is 30.4 Å². The van der Waals surface area contributed by atoms with Crippen molar-refractivity contribution in [2.45, 2.75) is 33.1 Å². The monoisotopic (exact) mass is 330 g/mol. The van der Waals surface area contributed by atoms with Crippen molar-refractivity contribution >= 4 is 23.2 Å². The van der Waals surface area contributed by atoms with Gasteiger partial charge >= 0.3 is 0 Å². The van der Waals surface area contributed by atoms with Crippen molar-refractivity contribution in [3.05, 3.63) is 29.3 Å². The van der Waals surface area contributed by atoms with Crippen molar-refractivity contribution in [1.82, 2.24) is 10.2 Å². The summed E-state index contributed by atoms with van der Waals surface area (Å²) in [7, 11) is 4.00. The molecule has 1 aromatic rings. The zero-order valence-electron chi connectivity index (χ0n) is 14.9. The Bertz CT molecular complexity index is 652. The highest BCUT2D eigenvalue weighted by molar-refractivity contribution is 6.40. The predicted octanol–water partition coefficient (Wildman–Crippen LogP) is 1.85. The van der Waals surface area contributed by atoms with Gasteiger partial charge in [0.05, 0.1) is 5.69 Å². The highest BCUT2D eigenvalue weighted by atomic mass is 16.2. The smallest absolute Gasteiger partial charge is 0.267 e. The third-order valence-corrected chi connectivity index (χ3v) is 3.96. The Hall–Kier alpha value is -2.21. The first-order valence-electron chi connectivity index (χ1n) is 8.29. The van der Waals surface area contributed by atoms with Crippen LogP contribution in [0.3, 0.4) is 0 Å². The van der Waals surface area contributed by atoms with Gasteiger partial charge in [0.1, 0.15) is 5.71 Å². The average molecular weight is 330 g/mol. The fraction of sp³-hybridized carbons (Fsp3) is 0.500. The molecule has 1 aliphatic heterocycles. The first-order chi connectivity index (χ1) is 11.4. The van der Waals surface area contributed by atoms with Crippen molar-refractivity contribution in [2.75, 3.05) is 32.2 Å². The first-order valence-corrected chi connectivity index (χ1v) is 8.29. The molecule has 0 aliphatic carbocycles. The Morgan fingerprint density at radius 2 is 2.04 bits per heavy atom. The van der Waals surface area contributed by atoms with Crippen molar-refractivity contribution in [3.8, 4) is 0 Å². The van der Waals surface area contributed by atoms with Crippen LogP contribution in [0.2, 0.25) is 0 Å². The quantitative estimate of drug-likeness (QED) is 0.810. The Labute approximate surface area is 143 Å². The number of rotatable bonds is 6. The molecule has 0 saturated carbocycles. The van der Waals surface area contributed by atoms with Crippen LogP contribution in [0.25, 0.3) is 0 Å². The van der Waals surface area contributed by atoms with Gasteiger partial charge in [-0.2, -0.15) is 5.10 Å². The van der Waals surface area contributed by atoms with Crippen molar-refractivity contribution in [3.63, 3.8) is 0 Å². The van der Waals surface area contributed by atoms with E-state index in [9.17, 15) is 9.59 Å². The number of hydrogen-bond donors (Lipinski definition) is 1. The maximum atomic E-state index is 12.3. The molecule has 24 heavy (non-hydrogen) atoms. The third-order valence-electron chi connectivity index (χ3n) is 3.96. The van der Waals surface area contributed by atoms with Gasteiger partial charge in [0.2, 0.25) is 5.91 Å². The van der Waals surface area contributed by atoms with Gasteiger partial charge in [-0.1, -0.05) is 12.1 Å². The van der Waals surface area contributed by atoms with Crippen LogP contribution in [-0.4, -0.2) is 49.6 Å². The number of carbonyl (C=O) groups excluding carboxylic acids is 2. The van der Waals surface area contributed by atoms with Crippen LogP contribution in [0.4, 0.5) is 5.69 Å².